The van der Waals surface area contributed by atoms with Gasteiger partial charge in [-0.3, -0.25) is 4.79 Å². The first kappa shape index (κ1) is 16.0. The Bertz CT molecular complexity index is 654. The maximum Gasteiger partial charge on any atom is 0.433 e. The first-order valence-electron chi connectivity index (χ1n) is 6.75. The molecule has 0 unspecified atom stereocenters. The van der Waals surface area contributed by atoms with Crippen molar-refractivity contribution in [2.45, 2.75) is 19.5 Å². The van der Waals surface area contributed by atoms with Crippen molar-refractivity contribution in [3.63, 3.8) is 0 Å². The number of amides is 1. The Morgan fingerprint density at radius 1 is 1.14 bits per heavy atom. The highest BCUT2D eigenvalue weighted by atomic mass is 19.4. The van der Waals surface area contributed by atoms with Crippen LogP contribution in [0, 0.1) is 6.92 Å². The molecule has 2 rings (SSSR count). The molecular formula is C16H15F3N2O. The first-order chi connectivity index (χ1) is 10.4. The predicted molar refractivity (Wildman–Crippen MR) is 76.5 cm³/mol. The molecule has 0 aliphatic heterocycles. The Morgan fingerprint density at radius 3 is 2.41 bits per heavy atom. The number of benzene rings is 1. The van der Waals surface area contributed by atoms with Crippen LogP contribution < -0.4 is 5.32 Å². The van der Waals surface area contributed by atoms with E-state index < -0.39 is 17.8 Å². The number of aromatic nitrogens is 1. The second-order valence-corrected chi connectivity index (χ2v) is 4.82. The molecule has 1 heterocycles. The van der Waals surface area contributed by atoms with Gasteiger partial charge in [0.2, 0.25) is 0 Å². The van der Waals surface area contributed by atoms with Crippen LogP contribution in [0.2, 0.25) is 0 Å². The maximum absolute atomic E-state index is 12.5. The van der Waals surface area contributed by atoms with Gasteiger partial charge in [-0.1, -0.05) is 30.3 Å². The Hall–Kier alpha value is -2.37. The zero-order chi connectivity index (χ0) is 16.2. The number of carbonyl (C=O) groups is 1. The molecule has 1 aromatic heterocycles. The zero-order valence-corrected chi connectivity index (χ0v) is 11.9. The summed E-state index contributed by atoms with van der Waals surface area (Å²) in [6.07, 6.45) is -3.85. The molecule has 0 fully saturated rings. The van der Waals surface area contributed by atoms with E-state index in [-0.39, 0.29) is 11.3 Å². The molecule has 116 valence electrons. The number of hydrogen-bond acceptors (Lipinski definition) is 2. The fourth-order valence-electron chi connectivity index (χ4n) is 2.02. The van der Waals surface area contributed by atoms with E-state index in [0.29, 0.717) is 13.0 Å². The van der Waals surface area contributed by atoms with Crippen molar-refractivity contribution >= 4 is 5.91 Å². The highest BCUT2D eigenvalue weighted by molar-refractivity contribution is 5.95. The molecule has 0 radical (unpaired) electrons. The lowest BCUT2D eigenvalue weighted by atomic mass is 10.1. The van der Waals surface area contributed by atoms with Crippen LogP contribution in [0.5, 0.6) is 0 Å². The molecule has 1 aromatic carbocycles. The lowest BCUT2D eigenvalue weighted by Crippen LogP contribution is -2.27. The van der Waals surface area contributed by atoms with Gasteiger partial charge in [-0.25, -0.2) is 4.98 Å². The molecule has 1 amide bonds. The van der Waals surface area contributed by atoms with Crippen molar-refractivity contribution in [3.05, 3.63) is 65.0 Å². The van der Waals surface area contributed by atoms with Gasteiger partial charge in [-0.05, 0) is 31.0 Å². The fourth-order valence-corrected chi connectivity index (χ4v) is 2.02. The topological polar surface area (TPSA) is 42.0 Å². The van der Waals surface area contributed by atoms with Gasteiger partial charge >= 0.3 is 6.18 Å². The molecule has 2 aromatic rings. The number of nitrogens with zero attached hydrogens (tertiary/aromatic N) is 1. The van der Waals surface area contributed by atoms with Gasteiger partial charge in [0, 0.05) is 6.54 Å². The van der Waals surface area contributed by atoms with E-state index in [1.54, 1.807) is 0 Å². The van der Waals surface area contributed by atoms with Crippen molar-refractivity contribution in [3.8, 4) is 0 Å². The van der Waals surface area contributed by atoms with E-state index in [1.807, 2.05) is 30.3 Å². The summed E-state index contributed by atoms with van der Waals surface area (Å²) in [5.74, 6) is -0.422. The average Bonchev–Trinajstić information content (AvgIpc) is 2.47. The van der Waals surface area contributed by atoms with Gasteiger partial charge in [0.15, 0.2) is 0 Å². The molecule has 0 spiro atoms. The van der Waals surface area contributed by atoms with Gasteiger partial charge in [0.05, 0.1) is 11.3 Å². The molecule has 0 aliphatic rings. The summed E-state index contributed by atoms with van der Waals surface area (Å²) in [5.41, 5.74) is 0.295. The number of rotatable bonds is 4. The van der Waals surface area contributed by atoms with Gasteiger partial charge in [0.25, 0.3) is 5.91 Å². The Kier molecular flexibility index (Phi) is 4.80. The number of hydrogen-bond donors (Lipinski definition) is 1. The molecule has 6 heteroatoms. The second-order valence-electron chi connectivity index (χ2n) is 4.82. The van der Waals surface area contributed by atoms with E-state index in [4.69, 9.17) is 0 Å². The molecule has 0 aliphatic carbocycles. The SMILES string of the molecule is Cc1nc(C(F)(F)F)ccc1C(=O)NCCc1ccccc1. The predicted octanol–water partition coefficient (Wildman–Crippen LogP) is 3.38. The molecule has 0 saturated heterocycles. The number of carbonyl (C=O) groups excluding carboxylic acids is 1. The maximum atomic E-state index is 12.5. The number of aryl methyl sites for hydroxylation is 1. The minimum absolute atomic E-state index is 0.0621. The standard InChI is InChI=1S/C16H15F3N2O/c1-11-13(7-8-14(21-11)16(17,18)19)15(22)20-10-9-12-5-3-2-4-6-12/h2-8H,9-10H2,1H3,(H,20,22). The largest absolute Gasteiger partial charge is 0.433 e. The summed E-state index contributed by atoms with van der Waals surface area (Å²) in [7, 11) is 0. The Balaban J connectivity index is 1.98. The van der Waals surface area contributed by atoms with Crippen LogP contribution in [-0.2, 0) is 12.6 Å². The Labute approximate surface area is 126 Å². The first-order valence-corrected chi connectivity index (χ1v) is 6.75. The van der Waals surface area contributed by atoms with E-state index >= 15 is 0 Å². The Morgan fingerprint density at radius 2 is 1.82 bits per heavy atom. The highest BCUT2D eigenvalue weighted by Crippen LogP contribution is 2.28. The summed E-state index contributed by atoms with van der Waals surface area (Å²) in [6, 6.07) is 11.6. The summed E-state index contributed by atoms with van der Waals surface area (Å²) in [5, 5.41) is 2.69. The molecule has 1 N–H and O–H groups in total. The van der Waals surface area contributed by atoms with Crippen LogP contribution in [0.1, 0.15) is 27.3 Å². The smallest absolute Gasteiger partial charge is 0.352 e. The monoisotopic (exact) mass is 308 g/mol. The number of nitrogens with one attached hydrogen (secondary N) is 1. The van der Waals surface area contributed by atoms with Gasteiger partial charge in [-0.2, -0.15) is 13.2 Å². The van der Waals surface area contributed by atoms with Crippen molar-refractivity contribution in [2.24, 2.45) is 0 Å². The third kappa shape index (κ3) is 4.07. The molecule has 0 atom stereocenters. The van der Waals surface area contributed by atoms with Crippen molar-refractivity contribution in [1.29, 1.82) is 0 Å². The van der Waals surface area contributed by atoms with E-state index in [1.165, 1.54) is 6.92 Å². The normalized spacial score (nSPS) is 11.3. The second kappa shape index (κ2) is 6.60. The zero-order valence-electron chi connectivity index (χ0n) is 11.9. The molecule has 3 nitrogen and oxygen atoms in total. The van der Waals surface area contributed by atoms with Crippen LogP contribution in [0.4, 0.5) is 13.2 Å². The third-order valence-corrected chi connectivity index (χ3v) is 3.16. The average molecular weight is 308 g/mol. The molecular weight excluding hydrogens is 293 g/mol. The van der Waals surface area contributed by atoms with E-state index in [9.17, 15) is 18.0 Å². The van der Waals surface area contributed by atoms with Gasteiger partial charge in [-0.15, -0.1) is 0 Å². The number of alkyl halides is 3. The van der Waals surface area contributed by atoms with Gasteiger partial charge < -0.3 is 5.32 Å². The van der Waals surface area contributed by atoms with Crippen LogP contribution >= 0.6 is 0 Å². The summed E-state index contributed by atoms with van der Waals surface area (Å²) < 4.78 is 37.6. The molecule has 22 heavy (non-hydrogen) atoms. The van der Waals surface area contributed by atoms with Crippen LogP contribution in [-0.4, -0.2) is 17.4 Å². The highest BCUT2D eigenvalue weighted by Gasteiger charge is 2.33. The van der Waals surface area contributed by atoms with Crippen LogP contribution in [0.15, 0.2) is 42.5 Å². The van der Waals surface area contributed by atoms with Crippen LogP contribution in [0.3, 0.4) is 0 Å². The number of pyridine rings is 1. The summed E-state index contributed by atoms with van der Waals surface area (Å²) in [6.45, 7) is 1.80. The quantitative estimate of drug-likeness (QED) is 0.941. The number of halogens is 3. The third-order valence-electron chi connectivity index (χ3n) is 3.16. The van der Waals surface area contributed by atoms with Crippen molar-refractivity contribution < 1.29 is 18.0 Å². The summed E-state index contributed by atoms with van der Waals surface area (Å²) >= 11 is 0. The fraction of sp³-hybridized carbons (Fsp3) is 0.250. The van der Waals surface area contributed by atoms with Crippen molar-refractivity contribution in [2.75, 3.05) is 6.54 Å². The van der Waals surface area contributed by atoms with E-state index in [2.05, 4.69) is 10.3 Å². The molecule has 0 saturated carbocycles. The van der Waals surface area contributed by atoms with Gasteiger partial charge in [0.1, 0.15) is 5.69 Å². The minimum Gasteiger partial charge on any atom is -0.352 e. The lowest BCUT2D eigenvalue weighted by Gasteiger charge is -2.10. The van der Waals surface area contributed by atoms with Crippen LogP contribution in [0.25, 0.3) is 0 Å². The minimum atomic E-state index is -4.51. The summed E-state index contributed by atoms with van der Waals surface area (Å²) in [4.78, 5) is 15.4. The van der Waals surface area contributed by atoms with E-state index in [0.717, 1.165) is 17.7 Å². The van der Waals surface area contributed by atoms with Crippen molar-refractivity contribution in [1.82, 2.24) is 10.3 Å². The lowest BCUT2D eigenvalue weighted by molar-refractivity contribution is -0.141. The molecule has 0 bridgehead atoms.